The normalized spacial score (nSPS) is 31.8. The monoisotopic (exact) mass is 438 g/mol. The van der Waals surface area contributed by atoms with Crippen LogP contribution in [0.15, 0.2) is 30.4 Å². The Kier molecular flexibility index (Phi) is 5.12. The summed E-state index contributed by atoms with van der Waals surface area (Å²) in [5.74, 6) is -2.35. The van der Waals surface area contributed by atoms with Crippen molar-refractivity contribution in [2.45, 2.75) is 70.3 Å². The smallest absolute Gasteiger partial charge is 0.313 e. The maximum absolute atomic E-state index is 13.5. The summed E-state index contributed by atoms with van der Waals surface area (Å²) in [4.78, 5) is 40.8. The second-order valence-corrected chi connectivity index (χ2v) is 9.74. The Hall–Kier alpha value is -2.67. The molecule has 1 spiro atoms. The molecule has 0 radical (unpaired) electrons. The quantitative estimate of drug-likeness (QED) is 0.564. The molecule has 1 aromatic carbocycles. The maximum Gasteiger partial charge on any atom is 0.313 e. The van der Waals surface area contributed by atoms with Crippen molar-refractivity contribution in [3.63, 3.8) is 0 Å². The predicted molar refractivity (Wildman–Crippen MR) is 118 cm³/mol. The number of benzene rings is 1. The number of ether oxygens (including phenoxy) is 2. The van der Waals surface area contributed by atoms with Gasteiger partial charge in [-0.05, 0) is 56.9 Å². The van der Waals surface area contributed by atoms with Crippen molar-refractivity contribution in [3.05, 3.63) is 41.5 Å². The summed E-state index contributed by atoms with van der Waals surface area (Å²) >= 11 is 0. The zero-order chi connectivity index (χ0) is 22.6. The molecule has 5 atom stereocenters. The van der Waals surface area contributed by atoms with Gasteiger partial charge in [0.15, 0.2) is 6.10 Å². The Morgan fingerprint density at radius 3 is 2.56 bits per heavy atom. The molecule has 0 aromatic heterocycles. The summed E-state index contributed by atoms with van der Waals surface area (Å²) in [5.41, 5.74) is 2.13. The lowest BCUT2D eigenvalue weighted by atomic mass is 9.77. The number of esters is 1. The molecule has 1 N–H and O–H groups in total. The summed E-state index contributed by atoms with van der Waals surface area (Å²) in [6.45, 7) is 5.95. The van der Waals surface area contributed by atoms with Crippen LogP contribution < -0.4 is 10.2 Å². The number of anilines is 1. The fraction of sp³-hybridized carbons (Fsp3) is 0.560. The number of hydrogen-bond donors (Lipinski definition) is 1. The molecule has 7 heteroatoms. The van der Waals surface area contributed by atoms with Crippen molar-refractivity contribution in [1.82, 2.24) is 5.32 Å². The Morgan fingerprint density at radius 1 is 1.19 bits per heavy atom. The highest BCUT2D eigenvalue weighted by Crippen LogP contribution is 2.53. The number of amides is 2. The third-order valence-corrected chi connectivity index (χ3v) is 7.25. The van der Waals surface area contributed by atoms with Crippen LogP contribution in [0.5, 0.6) is 0 Å². The molecule has 3 fully saturated rings. The Balaban J connectivity index is 1.32. The molecule has 4 aliphatic rings. The van der Waals surface area contributed by atoms with Crippen molar-refractivity contribution in [3.8, 4) is 0 Å². The third kappa shape index (κ3) is 3.43. The van der Waals surface area contributed by atoms with Crippen LogP contribution in [0, 0.1) is 25.7 Å². The van der Waals surface area contributed by atoms with Crippen molar-refractivity contribution in [2.75, 3.05) is 11.4 Å². The number of nitrogens with one attached hydrogen (secondary N) is 1. The van der Waals surface area contributed by atoms with Crippen LogP contribution >= 0.6 is 0 Å². The lowest BCUT2D eigenvalue weighted by molar-refractivity contribution is -0.161. The van der Waals surface area contributed by atoms with E-state index >= 15 is 0 Å². The first-order valence-corrected chi connectivity index (χ1v) is 11.6. The van der Waals surface area contributed by atoms with E-state index in [0.29, 0.717) is 6.54 Å². The Bertz CT molecular complexity index is 978. The van der Waals surface area contributed by atoms with Crippen LogP contribution in [-0.4, -0.2) is 48.2 Å². The minimum atomic E-state index is -0.908. The van der Waals surface area contributed by atoms with E-state index < -0.39 is 35.6 Å². The lowest BCUT2D eigenvalue weighted by Crippen LogP contribution is -2.44. The number of rotatable bonds is 5. The van der Waals surface area contributed by atoms with E-state index in [9.17, 15) is 14.4 Å². The highest BCUT2D eigenvalue weighted by Gasteiger charge is 2.67. The number of carbonyl (C=O) groups is 3. The van der Waals surface area contributed by atoms with Gasteiger partial charge in [0.2, 0.25) is 5.91 Å². The molecule has 2 amide bonds. The van der Waals surface area contributed by atoms with Crippen LogP contribution in [-0.2, 0) is 23.9 Å². The molecule has 5 rings (SSSR count). The summed E-state index contributed by atoms with van der Waals surface area (Å²) < 4.78 is 11.7. The molecule has 32 heavy (non-hydrogen) atoms. The molecule has 1 aromatic rings. The average molecular weight is 439 g/mol. The zero-order valence-electron chi connectivity index (χ0n) is 18.8. The van der Waals surface area contributed by atoms with E-state index in [4.69, 9.17) is 9.47 Å². The van der Waals surface area contributed by atoms with Crippen LogP contribution in [0.1, 0.15) is 43.7 Å². The predicted octanol–water partition coefficient (Wildman–Crippen LogP) is 2.58. The van der Waals surface area contributed by atoms with Gasteiger partial charge in [0.25, 0.3) is 5.91 Å². The molecule has 0 unspecified atom stereocenters. The SMILES string of the molecule is Cc1cc(C)cc(N2C[C@@]34C=C[C@@H](O3)[C@H](C(=O)O[C@@H](C)C(=O)NC3CCCC3)[C@@H]4C2=O)c1. The fourth-order valence-corrected chi connectivity index (χ4v) is 5.79. The van der Waals surface area contributed by atoms with Crippen molar-refractivity contribution in [2.24, 2.45) is 11.8 Å². The summed E-state index contributed by atoms with van der Waals surface area (Å²) in [7, 11) is 0. The number of hydrogen-bond acceptors (Lipinski definition) is 5. The van der Waals surface area contributed by atoms with Gasteiger partial charge in [0.05, 0.1) is 18.6 Å². The number of nitrogens with zero attached hydrogens (tertiary/aromatic N) is 1. The summed E-state index contributed by atoms with van der Waals surface area (Å²) in [6, 6.07) is 6.16. The molecule has 2 saturated heterocycles. The van der Waals surface area contributed by atoms with Crippen LogP contribution in [0.3, 0.4) is 0 Å². The molecule has 170 valence electrons. The van der Waals surface area contributed by atoms with Gasteiger partial charge in [-0.15, -0.1) is 0 Å². The van der Waals surface area contributed by atoms with Crippen molar-refractivity contribution < 1.29 is 23.9 Å². The number of fused-ring (bicyclic) bond motifs is 1. The molecule has 1 aliphatic carbocycles. The lowest BCUT2D eigenvalue weighted by Gasteiger charge is -2.24. The minimum Gasteiger partial charge on any atom is -0.452 e. The van der Waals surface area contributed by atoms with E-state index in [2.05, 4.69) is 11.4 Å². The van der Waals surface area contributed by atoms with Gasteiger partial charge in [0, 0.05) is 11.7 Å². The topological polar surface area (TPSA) is 84.9 Å². The molecule has 3 heterocycles. The zero-order valence-corrected chi connectivity index (χ0v) is 18.8. The molecule has 7 nitrogen and oxygen atoms in total. The maximum atomic E-state index is 13.5. The molecule has 2 bridgehead atoms. The third-order valence-electron chi connectivity index (χ3n) is 7.25. The largest absolute Gasteiger partial charge is 0.452 e. The van der Waals surface area contributed by atoms with Gasteiger partial charge in [-0.1, -0.05) is 31.1 Å². The van der Waals surface area contributed by atoms with E-state index in [-0.39, 0.29) is 17.9 Å². The molecular formula is C25H30N2O5. The minimum absolute atomic E-state index is 0.133. The first-order chi connectivity index (χ1) is 15.3. The van der Waals surface area contributed by atoms with Crippen molar-refractivity contribution in [1.29, 1.82) is 0 Å². The summed E-state index contributed by atoms with van der Waals surface area (Å²) in [5, 5.41) is 2.96. The van der Waals surface area contributed by atoms with Crippen LogP contribution in [0.4, 0.5) is 5.69 Å². The second-order valence-electron chi connectivity index (χ2n) is 9.74. The second kappa shape index (κ2) is 7.73. The first-order valence-electron chi connectivity index (χ1n) is 11.6. The highest BCUT2D eigenvalue weighted by atomic mass is 16.6. The molecule has 3 aliphatic heterocycles. The van der Waals surface area contributed by atoms with Gasteiger partial charge in [-0.2, -0.15) is 0 Å². The molecular weight excluding hydrogens is 408 g/mol. The highest BCUT2D eigenvalue weighted by molar-refractivity contribution is 6.03. The van der Waals surface area contributed by atoms with E-state index in [1.54, 1.807) is 11.8 Å². The Morgan fingerprint density at radius 2 is 1.88 bits per heavy atom. The van der Waals surface area contributed by atoms with Gasteiger partial charge in [0.1, 0.15) is 11.5 Å². The average Bonchev–Trinajstić information content (AvgIpc) is 3.49. The first kappa shape index (κ1) is 21.2. The van der Waals surface area contributed by atoms with Gasteiger partial charge in [-0.25, -0.2) is 0 Å². The fourth-order valence-electron chi connectivity index (χ4n) is 5.79. The van der Waals surface area contributed by atoms with Crippen LogP contribution in [0.2, 0.25) is 0 Å². The summed E-state index contributed by atoms with van der Waals surface area (Å²) in [6.07, 6.45) is 6.50. The van der Waals surface area contributed by atoms with E-state index in [0.717, 1.165) is 42.5 Å². The van der Waals surface area contributed by atoms with Crippen molar-refractivity contribution >= 4 is 23.5 Å². The van der Waals surface area contributed by atoms with E-state index in [1.165, 1.54) is 0 Å². The number of carbonyl (C=O) groups excluding carboxylic acids is 3. The van der Waals surface area contributed by atoms with E-state index in [1.807, 2.05) is 38.1 Å². The van der Waals surface area contributed by atoms with Crippen LogP contribution in [0.25, 0.3) is 0 Å². The van der Waals surface area contributed by atoms with Gasteiger partial charge in [-0.3, -0.25) is 14.4 Å². The Labute approximate surface area is 188 Å². The van der Waals surface area contributed by atoms with Gasteiger partial charge >= 0.3 is 5.97 Å². The van der Waals surface area contributed by atoms with Gasteiger partial charge < -0.3 is 19.7 Å². The molecule has 1 saturated carbocycles. The standard InChI is InChI=1S/C25H30N2O5/c1-14-10-15(2)12-18(11-14)27-13-25-9-8-19(32-25)20(21(25)23(27)29)24(30)31-16(3)22(28)26-17-6-4-5-7-17/h8-12,16-17,19-21H,4-7,13H2,1-3H3,(H,26,28)/t16-,19+,20-,21+,25+/m0/s1. The number of aryl methyl sites for hydroxylation is 2.